The van der Waals surface area contributed by atoms with E-state index >= 15 is 0 Å². The summed E-state index contributed by atoms with van der Waals surface area (Å²) < 4.78 is 4.99. The summed E-state index contributed by atoms with van der Waals surface area (Å²) in [4.78, 5) is 14.3. The molecule has 0 aliphatic rings. The molecular weight excluding hydrogens is 178 g/mol. The lowest BCUT2D eigenvalue weighted by atomic mass is 10.4. The second-order valence-electron chi connectivity index (χ2n) is 2.27. The van der Waals surface area contributed by atoms with Crippen LogP contribution in [-0.4, -0.2) is 22.2 Å². The Kier molecular flexibility index (Phi) is 3.19. The average Bonchev–Trinajstić information content (AvgIpc) is 2.51. The quantitative estimate of drug-likeness (QED) is 0.767. The van der Waals surface area contributed by atoms with Crippen molar-refractivity contribution in [1.29, 1.82) is 0 Å². The fourth-order valence-corrected chi connectivity index (χ4v) is 1.13. The second kappa shape index (κ2) is 4.18. The number of carboxylic acids is 1. The highest BCUT2D eigenvalue weighted by Gasteiger charge is 2.10. The van der Waals surface area contributed by atoms with Gasteiger partial charge in [-0.3, -0.25) is 0 Å². The molecule has 5 heteroatoms. The Morgan fingerprint density at radius 1 is 1.92 bits per heavy atom. The van der Waals surface area contributed by atoms with Gasteiger partial charge in [0.25, 0.3) is 0 Å². The van der Waals surface area contributed by atoms with Crippen molar-refractivity contribution in [2.75, 3.05) is 0 Å². The molecule has 0 radical (unpaired) electrons. The minimum Gasteiger partial charge on any atom is -0.479 e. The number of hydrogen-bond acceptors (Lipinski definition) is 4. The normalized spacial score (nSPS) is 12.8. The third-order valence-corrected chi connectivity index (χ3v) is 1.95. The molecule has 1 heterocycles. The van der Waals surface area contributed by atoms with Crippen LogP contribution >= 0.6 is 11.3 Å². The molecule has 4 nitrogen and oxygen atoms in total. The van der Waals surface area contributed by atoms with Crippen molar-refractivity contribution in [3.63, 3.8) is 0 Å². The molecule has 0 aliphatic carbocycles. The van der Waals surface area contributed by atoms with E-state index in [0.29, 0.717) is 0 Å². The van der Waals surface area contributed by atoms with Crippen LogP contribution in [0.5, 0.6) is 0 Å². The van der Waals surface area contributed by atoms with E-state index in [4.69, 9.17) is 9.84 Å². The summed E-state index contributed by atoms with van der Waals surface area (Å²) >= 11 is 1.46. The number of hydrogen-bond donors (Lipinski definition) is 1. The van der Waals surface area contributed by atoms with Crippen molar-refractivity contribution in [2.45, 2.75) is 19.6 Å². The van der Waals surface area contributed by atoms with Gasteiger partial charge < -0.3 is 9.84 Å². The SMILES string of the molecule is C[C@H](OCc1cscn1)C(=O)O. The van der Waals surface area contributed by atoms with Crippen LogP contribution in [0.1, 0.15) is 12.6 Å². The van der Waals surface area contributed by atoms with Crippen molar-refractivity contribution < 1.29 is 14.6 Å². The van der Waals surface area contributed by atoms with Gasteiger partial charge >= 0.3 is 5.97 Å². The number of carboxylic acid groups (broad SMARTS) is 1. The molecule has 0 aliphatic heterocycles. The van der Waals surface area contributed by atoms with Crippen LogP contribution < -0.4 is 0 Å². The molecule has 0 aromatic carbocycles. The van der Waals surface area contributed by atoms with E-state index in [1.54, 1.807) is 5.51 Å². The van der Waals surface area contributed by atoms with Gasteiger partial charge in [0.1, 0.15) is 0 Å². The number of aliphatic carboxylic acids is 1. The van der Waals surface area contributed by atoms with Crippen LogP contribution in [0.2, 0.25) is 0 Å². The monoisotopic (exact) mass is 187 g/mol. The number of carbonyl (C=O) groups is 1. The van der Waals surface area contributed by atoms with E-state index in [1.807, 2.05) is 5.38 Å². The van der Waals surface area contributed by atoms with Crippen LogP contribution in [0.15, 0.2) is 10.9 Å². The third kappa shape index (κ3) is 2.60. The molecule has 0 unspecified atom stereocenters. The number of thiazole rings is 1. The van der Waals surface area contributed by atoms with Crippen LogP contribution in [0.4, 0.5) is 0 Å². The summed E-state index contributed by atoms with van der Waals surface area (Å²) in [7, 11) is 0. The molecule has 0 saturated heterocycles. The lowest BCUT2D eigenvalue weighted by Crippen LogP contribution is -2.19. The Hall–Kier alpha value is -0.940. The zero-order valence-corrected chi connectivity index (χ0v) is 7.37. The molecule has 1 aromatic heterocycles. The maximum atomic E-state index is 10.3. The van der Waals surface area contributed by atoms with Gasteiger partial charge in [0.15, 0.2) is 6.10 Å². The molecule has 1 rings (SSSR count). The molecule has 0 spiro atoms. The third-order valence-electron chi connectivity index (χ3n) is 1.31. The zero-order valence-electron chi connectivity index (χ0n) is 6.56. The van der Waals surface area contributed by atoms with E-state index in [2.05, 4.69) is 4.98 Å². The van der Waals surface area contributed by atoms with Gasteiger partial charge in [0, 0.05) is 5.38 Å². The highest BCUT2D eigenvalue weighted by Crippen LogP contribution is 2.04. The van der Waals surface area contributed by atoms with Crippen LogP contribution in [-0.2, 0) is 16.1 Å². The topological polar surface area (TPSA) is 59.4 Å². The van der Waals surface area contributed by atoms with Gasteiger partial charge in [0.2, 0.25) is 0 Å². The first-order valence-electron chi connectivity index (χ1n) is 3.41. The second-order valence-corrected chi connectivity index (χ2v) is 2.99. The summed E-state index contributed by atoms with van der Waals surface area (Å²) in [5, 5.41) is 10.3. The Bertz CT molecular complexity index is 247. The van der Waals surface area contributed by atoms with Gasteiger partial charge in [-0.2, -0.15) is 0 Å². The summed E-state index contributed by atoms with van der Waals surface area (Å²) in [6.45, 7) is 1.76. The van der Waals surface area contributed by atoms with E-state index < -0.39 is 12.1 Å². The highest BCUT2D eigenvalue weighted by atomic mass is 32.1. The number of rotatable bonds is 4. The maximum absolute atomic E-state index is 10.3. The minimum atomic E-state index is -0.953. The maximum Gasteiger partial charge on any atom is 0.332 e. The van der Waals surface area contributed by atoms with E-state index in [9.17, 15) is 4.79 Å². The molecule has 0 amide bonds. The standard InChI is InChI=1S/C7H9NO3S/c1-5(7(9)10)11-2-6-3-12-4-8-6/h3-5H,2H2,1H3,(H,9,10)/t5-/m0/s1. The first-order valence-corrected chi connectivity index (χ1v) is 4.36. The van der Waals surface area contributed by atoms with Crippen molar-refractivity contribution >= 4 is 17.3 Å². The average molecular weight is 187 g/mol. The van der Waals surface area contributed by atoms with Crippen LogP contribution in [0, 0.1) is 0 Å². The van der Waals surface area contributed by atoms with Crippen molar-refractivity contribution in [3.8, 4) is 0 Å². The number of ether oxygens (including phenoxy) is 1. The first-order chi connectivity index (χ1) is 5.70. The fourth-order valence-electron chi connectivity index (χ4n) is 0.590. The first kappa shape index (κ1) is 9.15. The van der Waals surface area contributed by atoms with Crippen molar-refractivity contribution in [2.24, 2.45) is 0 Å². The molecule has 66 valence electrons. The van der Waals surface area contributed by atoms with E-state index in [-0.39, 0.29) is 6.61 Å². The lowest BCUT2D eigenvalue weighted by Gasteiger charge is -2.05. The zero-order chi connectivity index (χ0) is 8.97. The summed E-state index contributed by atoms with van der Waals surface area (Å²) in [5.41, 5.74) is 2.46. The Balaban J connectivity index is 2.31. The fraction of sp³-hybridized carbons (Fsp3) is 0.429. The van der Waals surface area contributed by atoms with Crippen LogP contribution in [0.25, 0.3) is 0 Å². The predicted octanol–water partition coefficient (Wildman–Crippen LogP) is 1.13. The predicted molar refractivity (Wildman–Crippen MR) is 44.0 cm³/mol. The van der Waals surface area contributed by atoms with Gasteiger partial charge in [-0.1, -0.05) is 0 Å². The van der Waals surface area contributed by atoms with Crippen molar-refractivity contribution in [1.82, 2.24) is 4.98 Å². The Morgan fingerprint density at radius 2 is 2.67 bits per heavy atom. The van der Waals surface area contributed by atoms with E-state index in [0.717, 1.165) is 5.69 Å². The van der Waals surface area contributed by atoms with Gasteiger partial charge in [0.05, 0.1) is 17.8 Å². The Labute approximate surface area is 73.8 Å². The summed E-state index contributed by atoms with van der Waals surface area (Å²) in [6, 6.07) is 0. The molecular formula is C7H9NO3S. The largest absolute Gasteiger partial charge is 0.479 e. The van der Waals surface area contributed by atoms with Gasteiger partial charge in [-0.05, 0) is 6.92 Å². The molecule has 0 bridgehead atoms. The molecule has 12 heavy (non-hydrogen) atoms. The molecule has 0 saturated carbocycles. The highest BCUT2D eigenvalue weighted by molar-refractivity contribution is 7.07. The smallest absolute Gasteiger partial charge is 0.332 e. The summed E-state index contributed by atoms with van der Waals surface area (Å²) in [5.74, 6) is -0.953. The van der Waals surface area contributed by atoms with Gasteiger partial charge in [-0.15, -0.1) is 11.3 Å². The molecule has 1 atom stereocenters. The van der Waals surface area contributed by atoms with Gasteiger partial charge in [-0.25, -0.2) is 9.78 Å². The molecule has 1 N–H and O–H groups in total. The molecule has 0 fully saturated rings. The number of aromatic nitrogens is 1. The van der Waals surface area contributed by atoms with E-state index in [1.165, 1.54) is 18.3 Å². The Morgan fingerprint density at radius 3 is 3.17 bits per heavy atom. The number of nitrogens with zero attached hydrogens (tertiary/aromatic N) is 1. The summed E-state index contributed by atoms with van der Waals surface area (Å²) in [6.07, 6.45) is -0.772. The molecule has 1 aromatic rings. The lowest BCUT2D eigenvalue weighted by molar-refractivity contribution is -0.149. The van der Waals surface area contributed by atoms with Crippen molar-refractivity contribution in [3.05, 3.63) is 16.6 Å². The minimum absolute atomic E-state index is 0.261. The van der Waals surface area contributed by atoms with Crippen LogP contribution in [0.3, 0.4) is 0 Å².